The lowest BCUT2D eigenvalue weighted by Gasteiger charge is -2.27. The van der Waals surface area contributed by atoms with Gasteiger partial charge in [0, 0.05) is 18.3 Å². The number of halogens is 4. The molecular weight excluding hydrogens is 464 g/mol. The van der Waals surface area contributed by atoms with Crippen LogP contribution in [-0.4, -0.2) is 39.8 Å². The maximum absolute atomic E-state index is 14.5. The lowest BCUT2D eigenvalue weighted by atomic mass is 10.1. The summed E-state index contributed by atoms with van der Waals surface area (Å²) in [7, 11) is -3.85. The van der Waals surface area contributed by atoms with Crippen molar-refractivity contribution in [2.75, 3.05) is 24.3 Å². The van der Waals surface area contributed by atoms with Crippen LogP contribution in [0.25, 0.3) is 0 Å². The van der Waals surface area contributed by atoms with Crippen LogP contribution in [0.1, 0.15) is 41.3 Å². The fraction of sp³-hybridized carbons (Fsp3) is 0.409. The third-order valence-corrected chi connectivity index (χ3v) is 5.94. The van der Waals surface area contributed by atoms with E-state index in [4.69, 9.17) is 4.74 Å². The van der Waals surface area contributed by atoms with Crippen molar-refractivity contribution < 1.29 is 35.5 Å². The normalized spacial score (nSPS) is 16.7. The number of rotatable bonds is 7. The minimum Gasteiger partial charge on any atom is -0.491 e. The molecule has 3 rings (SSSR count). The van der Waals surface area contributed by atoms with Gasteiger partial charge in [0.1, 0.15) is 18.2 Å². The van der Waals surface area contributed by atoms with Gasteiger partial charge in [0.25, 0.3) is 5.91 Å². The molecule has 1 amide bonds. The zero-order valence-electron chi connectivity index (χ0n) is 18.1. The number of alkyl halides is 3. The summed E-state index contributed by atoms with van der Waals surface area (Å²) >= 11 is 0. The maximum atomic E-state index is 14.5. The van der Waals surface area contributed by atoms with Crippen molar-refractivity contribution >= 4 is 21.6 Å². The first kappa shape index (κ1) is 24.8. The Balaban J connectivity index is 1.74. The molecule has 33 heavy (non-hydrogen) atoms. The minimum absolute atomic E-state index is 0.122. The van der Waals surface area contributed by atoms with Crippen LogP contribution in [0.2, 0.25) is 0 Å². The molecule has 0 bridgehead atoms. The molecule has 1 heterocycles. The van der Waals surface area contributed by atoms with Crippen molar-refractivity contribution in [1.29, 1.82) is 0 Å². The van der Waals surface area contributed by atoms with E-state index in [1.54, 1.807) is 11.6 Å². The van der Waals surface area contributed by atoms with E-state index < -0.39 is 39.1 Å². The van der Waals surface area contributed by atoms with Crippen LogP contribution in [0.5, 0.6) is 5.75 Å². The van der Waals surface area contributed by atoms with E-state index in [1.807, 2.05) is 4.90 Å². The Kier molecular flexibility index (Phi) is 7.20. The summed E-state index contributed by atoms with van der Waals surface area (Å²) in [5.74, 6) is -1.76. The smallest absolute Gasteiger partial charge is 0.416 e. The van der Waals surface area contributed by atoms with Gasteiger partial charge in [-0.1, -0.05) is 6.92 Å². The number of carbonyl (C=O) groups excluding carboxylic acids is 1. The molecule has 2 aromatic rings. The van der Waals surface area contributed by atoms with Crippen molar-refractivity contribution in [3.05, 3.63) is 58.9 Å². The zero-order valence-corrected chi connectivity index (χ0v) is 18.9. The quantitative estimate of drug-likeness (QED) is 0.593. The first-order valence-corrected chi connectivity index (χ1v) is 12.2. The lowest BCUT2D eigenvalue weighted by molar-refractivity contribution is -0.137. The highest BCUT2D eigenvalue weighted by Crippen LogP contribution is 2.33. The average molecular weight is 489 g/mol. The number of sulfonamides is 1. The Labute approximate surface area is 189 Å². The molecule has 1 N–H and O–H groups in total. The third kappa shape index (κ3) is 6.16. The van der Waals surface area contributed by atoms with Gasteiger partial charge in [0.15, 0.2) is 0 Å². The lowest BCUT2D eigenvalue weighted by Crippen LogP contribution is -2.34. The second kappa shape index (κ2) is 9.58. The van der Waals surface area contributed by atoms with E-state index in [0.29, 0.717) is 24.2 Å². The molecule has 180 valence electrons. The summed E-state index contributed by atoms with van der Waals surface area (Å²) in [6.07, 6.45) is -1.63. The third-order valence-electron chi connectivity index (χ3n) is 5.39. The molecule has 0 spiro atoms. The van der Waals surface area contributed by atoms with Gasteiger partial charge in [-0.05, 0) is 55.2 Å². The molecule has 11 heteroatoms. The molecule has 0 unspecified atom stereocenters. The Morgan fingerprint density at radius 2 is 1.88 bits per heavy atom. The first-order chi connectivity index (χ1) is 15.4. The number of hydrogen-bond acceptors (Lipinski definition) is 5. The molecule has 2 aromatic carbocycles. The highest BCUT2D eigenvalue weighted by atomic mass is 32.2. The summed E-state index contributed by atoms with van der Waals surface area (Å²) in [6.45, 7) is 2.60. The molecule has 1 fully saturated rings. The summed E-state index contributed by atoms with van der Waals surface area (Å²) < 4.78 is 83.1. The Bertz CT molecular complexity index is 1120. The zero-order chi connectivity index (χ0) is 24.4. The molecular formula is C22H24F4N2O4S. The number of aryl methyl sites for hydroxylation is 1. The van der Waals surface area contributed by atoms with Crippen molar-refractivity contribution in [1.82, 2.24) is 4.72 Å². The number of benzene rings is 2. The SMILES string of the molecule is CCc1cc(C(=O)NS(C)(=O)=O)c(F)cc1OC[C@H]1CCCN1c1ccc(C(F)(F)F)cc1. The van der Waals surface area contributed by atoms with E-state index in [9.17, 15) is 30.8 Å². The Morgan fingerprint density at radius 3 is 2.45 bits per heavy atom. The summed E-state index contributed by atoms with van der Waals surface area (Å²) in [5.41, 5.74) is 0.0381. The molecule has 0 aromatic heterocycles. The molecule has 0 radical (unpaired) electrons. The molecule has 1 aliphatic heterocycles. The molecule has 0 saturated carbocycles. The Morgan fingerprint density at radius 1 is 1.21 bits per heavy atom. The van der Waals surface area contributed by atoms with Gasteiger partial charge in [0.2, 0.25) is 10.0 Å². The van der Waals surface area contributed by atoms with Crippen LogP contribution < -0.4 is 14.4 Å². The van der Waals surface area contributed by atoms with Crippen LogP contribution in [0, 0.1) is 5.82 Å². The average Bonchev–Trinajstić information content (AvgIpc) is 3.19. The van der Waals surface area contributed by atoms with Crippen LogP contribution in [0.15, 0.2) is 36.4 Å². The highest BCUT2D eigenvalue weighted by molar-refractivity contribution is 7.89. The van der Waals surface area contributed by atoms with Crippen molar-refractivity contribution in [2.45, 2.75) is 38.4 Å². The number of nitrogens with one attached hydrogen (secondary N) is 1. The van der Waals surface area contributed by atoms with E-state index in [0.717, 1.165) is 37.3 Å². The van der Waals surface area contributed by atoms with E-state index >= 15 is 0 Å². The van der Waals surface area contributed by atoms with Gasteiger partial charge < -0.3 is 9.64 Å². The fourth-order valence-electron chi connectivity index (χ4n) is 3.78. The Hall–Kier alpha value is -2.82. The number of amides is 1. The minimum atomic E-state index is -4.41. The van der Waals surface area contributed by atoms with Gasteiger partial charge in [-0.15, -0.1) is 0 Å². The summed E-state index contributed by atoms with van der Waals surface area (Å²) in [4.78, 5) is 14.0. The molecule has 0 aliphatic carbocycles. The number of ether oxygens (including phenoxy) is 1. The predicted molar refractivity (Wildman–Crippen MR) is 115 cm³/mol. The van der Waals surface area contributed by atoms with Crippen molar-refractivity contribution in [2.24, 2.45) is 0 Å². The number of carbonyl (C=O) groups is 1. The van der Waals surface area contributed by atoms with Gasteiger partial charge in [-0.3, -0.25) is 4.79 Å². The highest BCUT2D eigenvalue weighted by Gasteiger charge is 2.31. The first-order valence-electron chi connectivity index (χ1n) is 10.3. The van der Waals surface area contributed by atoms with Gasteiger partial charge in [-0.2, -0.15) is 13.2 Å². The van der Waals surface area contributed by atoms with Gasteiger partial charge in [0.05, 0.1) is 23.4 Å². The fourth-order valence-corrected chi connectivity index (χ4v) is 4.23. The summed E-state index contributed by atoms with van der Waals surface area (Å²) in [5, 5.41) is 0. The van der Waals surface area contributed by atoms with Crippen LogP contribution in [-0.2, 0) is 22.6 Å². The van der Waals surface area contributed by atoms with E-state index in [2.05, 4.69) is 0 Å². The van der Waals surface area contributed by atoms with Crippen LogP contribution >= 0.6 is 0 Å². The summed E-state index contributed by atoms with van der Waals surface area (Å²) in [6, 6.07) is 7.11. The van der Waals surface area contributed by atoms with Crippen LogP contribution in [0.3, 0.4) is 0 Å². The number of nitrogens with zero attached hydrogens (tertiary/aromatic N) is 1. The standard InChI is InChI=1S/C22H24F4N2O4S/c1-3-14-11-18(21(29)27-33(2,30)31)19(23)12-20(14)32-13-17-5-4-10-28(17)16-8-6-15(7-9-16)22(24,25)26/h6-9,11-12,17H,3-5,10,13H2,1-2H3,(H,27,29)/t17-/m1/s1. The monoisotopic (exact) mass is 488 g/mol. The number of hydrogen-bond donors (Lipinski definition) is 1. The second-order valence-corrected chi connectivity index (χ2v) is 9.59. The number of anilines is 1. The largest absolute Gasteiger partial charge is 0.491 e. The topological polar surface area (TPSA) is 75.7 Å². The van der Waals surface area contributed by atoms with Crippen molar-refractivity contribution in [3.8, 4) is 5.75 Å². The van der Waals surface area contributed by atoms with Crippen molar-refractivity contribution in [3.63, 3.8) is 0 Å². The van der Waals surface area contributed by atoms with Gasteiger partial charge in [-0.25, -0.2) is 17.5 Å². The molecule has 6 nitrogen and oxygen atoms in total. The van der Waals surface area contributed by atoms with Crippen LogP contribution in [0.4, 0.5) is 23.2 Å². The van der Waals surface area contributed by atoms with Gasteiger partial charge >= 0.3 is 6.18 Å². The maximum Gasteiger partial charge on any atom is 0.416 e. The second-order valence-electron chi connectivity index (χ2n) is 7.84. The predicted octanol–water partition coefficient (Wildman–Crippen LogP) is 4.14. The molecule has 1 aliphatic rings. The van der Waals surface area contributed by atoms with E-state index in [-0.39, 0.29) is 18.4 Å². The molecule has 1 atom stereocenters. The van der Waals surface area contributed by atoms with E-state index in [1.165, 1.54) is 18.2 Å². The molecule has 1 saturated heterocycles.